The van der Waals surface area contributed by atoms with Crippen LogP contribution >= 0.6 is 11.9 Å². The van der Waals surface area contributed by atoms with Crippen molar-refractivity contribution < 1.29 is 9.90 Å². The second-order valence-electron chi connectivity index (χ2n) is 9.72. The fraction of sp³-hybridized carbons (Fsp3) is 0.400. The number of rotatable bonds is 5. The van der Waals surface area contributed by atoms with Crippen molar-refractivity contribution in [3.05, 3.63) is 60.4 Å². The Balaban J connectivity index is 1.35. The zero-order chi connectivity index (χ0) is 22.8. The van der Waals surface area contributed by atoms with Crippen LogP contribution in [0.25, 0.3) is 11.0 Å². The first-order valence-electron chi connectivity index (χ1n) is 11.0. The minimum Gasteiger partial charge on any atom is -0.390 e. The second kappa shape index (κ2) is 9.08. The van der Waals surface area contributed by atoms with E-state index >= 15 is 0 Å². The van der Waals surface area contributed by atoms with Gasteiger partial charge in [-0.05, 0) is 73.0 Å². The number of anilines is 1. The van der Waals surface area contributed by atoms with E-state index in [1.807, 2.05) is 47.4 Å². The molecule has 7 heteroatoms. The predicted molar refractivity (Wildman–Crippen MR) is 130 cm³/mol. The normalized spacial score (nSPS) is 16.2. The molecule has 2 aromatic carbocycles. The third kappa shape index (κ3) is 5.40. The number of hydrogen-bond donors (Lipinski definition) is 2. The number of benzene rings is 2. The summed E-state index contributed by atoms with van der Waals surface area (Å²) in [5.41, 5.74) is 2.68. The molecule has 1 aliphatic rings. The van der Waals surface area contributed by atoms with Crippen molar-refractivity contribution in [3.8, 4) is 0 Å². The van der Waals surface area contributed by atoms with Gasteiger partial charge in [0, 0.05) is 36.7 Å². The van der Waals surface area contributed by atoms with Crippen LogP contribution in [0.3, 0.4) is 0 Å². The molecule has 0 spiro atoms. The lowest BCUT2D eigenvalue weighted by Crippen LogP contribution is -2.48. The second-order valence-corrected chi connectivity index (χ2v) is 10.6. The van der Waals surface area contributed by atoms with E-state index in [-0.39, 0.29) is 11.3 Å². The lowest BCUT2D eigenvalue weighted by Gasteiger charge is -2.41. The van der Waals surface area contributed by atoms with Gasteiger partial charge in [-0.15, -0.1) is 0 Å². The third-order valence-corrected chi connectivity index (χ3v) is 6.60. The largest absolute Gasteiger partial charge is 0.390 e. The lowest BCUT2D eigenvalue weighted by molar-refractivity contribution is -0.0436. The van der Waals surface area contributed by atoms with Gasteiger partial charge in [0.2, 0.25) is 0 Å². The van der Waals surface area contributed by atoms with Crippen LogP contribution in [0, 0.1) is 5.41 Å². The van der Waals surface area contributed by atoms with E-state index in [0.717, 1.165) is 28.0 Å². The molecule has 3 aromatic rings. The quantitative estimate of drug-likeness (QED) is 0.523. The summed E-state index contributed by atoms with van der Waals surface area (Å²) in [5, 5.41) is 10.9. The van der Waals surface area contributed by atoms with E-state index in [1.54, 1.807) is 12.4 Å². The maximum Gasteiger partial charge on any atom is 0.253 e. The van der Waals surface area contributed by atoms with Gasteiger partial charge in [0.05, 0.1) is 16.0 Å². The van der Waals surface area contributed by atoms with Gasteiger partial charge < -0.3 is 14.7 Å². The van der Waals surface area contributed by atoms with Crippen molar-refractivity contribution in [1.29, 1.82) is 0 Å². The monoisotopic (exact) mass is 450 g/mol. The smallest absolute Gasteiger partial charge is 0.253 e. The Bertz CT molecular complexity index is 1080. The highest BCUT2D eigenvalue weighted by Crippen LogP contribution is 2.35. The Labute approximate surface area is 193 Å². The van der Waals surface area contributed by atoms with E-state index in [9.17, 15) is 9.90 Å². The van der Waals surface area contributed by atoms with E-state index < -0.39 is 5.60 Å². The highest BCUT2D eigenvalue weighted by Gasteiger charge is 2.37. The molecule has 0 aliphatic carbocycles. The molecule has 4 rings (SSSR count). The van der Waals surface area contributed by atoms with Crippen LogP contribution in [0.4, 0.5) is 5.69 Å². The molecule has 2 N–H and O–H groups in total. The van der Waals surface area contributed by atoms with Crippen molar-refractivity contribution in [3.63, 3.8) is 0 Å². The first-order chi connectivity index (χ1) is 15.2. The number of likely N-dealkylation sites (tertiary alicyclic amines) is 1. The fourth-order valence-electron chi connectivity index (χ4n) is 4.32. The van der Waals surface area contributed by atoms with E-state index in [0.29, 0.717) is 31.5 Å². The molecule has 0 bridgehead atoms. The van der Waals surface area contributed by atoms with Gasteiger partial charge in [-0.1, -0.05) is 26.8 Å². The highest BCUT2D eigenvalue weighted by molar-refractivity contribution is 8.00. The number of para-hydroxylation sites is 1. The maximum absolute atomic E-state index is 12.9. The molecule has 1 amide bonds. The fourth-order valence-corrected chi connectivity index (χ4v) is 5.08. The van der Waals surface area contributed by atoms with E-state index in [1.165, 1.54) is 11.9 Å². The predicted octanol–water partition coefficient (Wildman–Crippen LogP) is 5.15. The number of amides is 1. The average molecular weight is 451 g/mol. The summed E-state index contributed by atoms with van der Waals surface area (Å²) < 4.78 is 3.32. The number of hydrogen-bond acceptors (Lipinski definition) is 6. The van der Waals surface area contributed by atoms with Crippen molar-refractivity contribution in [2.45, 2.75) is 50.5 Å². The maximum atomic E-state index is 12.9. The summed E-state index contributed by atoms with van der Waals surface area (Å²) in [5.74, 6) is 0.0198. The third-order valence-electron chi connectivity index (χ3n) is 5.71. The Kier molecular flexibility index (Phi) is 6.40. The average Bonchev–Trinajstić information content (AvgIpc) is 2.76. The summed E-state index contributed by atoms with van der Waals surface area (Å²) in [4.78, 5) is 24.5. The van der Waals surface area contributed by atoms with Gasteiger partial charge in [-0.3, -0.25) is 14.8 Å². The molecular formula is C25H30N4O2S. The highest BCUT2D eigenvalue weighted by atomic mass is 32.2. The number of nitrogens with zero attached hydrogens (tertiary/aromatic N) is 3. The number of piperidine rings is 1. The van der Waals surface area contributed by atoms with Crippen LogP contribution in [0.2, 0.25) is 0 Å². The van der Waals surface area contributed by atoms with E-state index in [2.05, 4.69) is 35.5 Å². The van der Waals surface area contributed by atoms with Crippen molar-refractivity contribution in [1.82, 2.24) is 14.9 Å². The number of nitrogens with one attached hydrogen (secondary N) is 1. The molecule has 1 aliphatic heterocycles. The van der Waals surface area contributed by atoms with Crippen LogP contribution in [-0.2, 0) is 0 Å². The van der Waals surface area contributed by atoms with E-state index in [4.69, 9.17) is 0 Å². The van der Waals surface area contributed by atoms with Gasteiger partial charge in [0.15, 0.2) is 0 Å². The van der Waals surface area contributed by atoms with Crippen LogP contribution in [0.5, 0.6) is 0 Å². The molecule has 6 nitrogen and oxygen atoms in total. The zero-order valence-electron chi connectivity index (χ0n) is 18.8. The molecule has 0 atom stereocenters. The number of aliphatic hydroxyl groups is 1. The van der Waals surface area contributed by atoms with Gasteiger partial charge in [-0.2, -0.15) is 0 Å². The Morgan fingerprint density at radius 1 is 1.09 bits per heavy atom. The summed E-state index contributed by atoms with van der Waals surface area (Å²) in [6.45, 7) is 7.60. The van der Waals surface area contributed by atoms with Crippen molar-refractivity contribution in [2.24, 2.45) is 5.41 Å². The van der Waals surface area contributed by atoms with Gasteiger partial charge in [-0.25, -0.2) is 0 Å². The first kappa shape index (κ1) is 22.6. The first-order valence-corrected chi connectivity index (χ1v) is 11.8. The molecule has 0 saturated carbocycles. The van der Waals surface area contributed by atoms with Crippen molar-refractivity contribution >= 4 is 34.6 Å². The molecule has 1 saturated heterocycles. The molecule has 2 heterocycles. The Hall–Kier alpha value is -2.64. The minimum absolute atomic E-state index is 0.0198. The van der Waals surface area contributed by atoms with Crippen molar-refractivity contribution in [2.75, 3.05) is 17.8 Å². The van der Waals surface area contributed by atoms with Crippen LogP contribution < -0.4 is 4.72 Å². The van der Waals surface area contributed by atoms with Crippen LogP contribution in [-0.4, -0.2) is 44.6 Å². The topological polar surface area (TPSA) is 78.4 Å². The molecule has 32 heavy (non-hydrogen) atoms. The summed E-state index contributed by atoms with van der Waals surface area (Å²) in [6.07, 6.45) is 5.38. The molecule has 1 aromatic heterocycles. The van der Waals surface area contributed by atoms with Gasteiger partial charge in [0.25, 0.3) is 5.91 Å². The summed E-state index contributed by atoms with van der Waals surface area (Å²) in [7, 11) is 0. The Morgan fingerprint density at radius 3 is 2.47 bits per heavy atom. The number of aromatic nitrogens is 2. The zero-order valence-corrected chi connectivity index (χ0v) is 19.7. The van der Waals surface area contributed by atoms with Crippen LogP contribution in [0.1, 0.15) is 50.4 Å². The molecular weight excluding hydrogens is 420 g/mol. The van der Waals surface area contributed by atoms with Gasteiger partial charge in [0.1, 0.15) is 5.52 Å². The molecule has 168 valence electrons. The Morgan fingerprint density at radius 2 is 1.78 bits per heavy atom. The molecule has 0 radical (unpaired) electrons. The van der Waals surface area contributed by atoms with Gasteiger partial charge >= 0.3 is 0 Å². The SMILES string of the molecule is CC(C)(C)CC1(O)CCN(C(=O)c2ccc(NSc3cccc4nccnc34)cc2)CC1. The molecule has 0 unspecified atom stereocenters. The summed E-state index contributed by atoms with van der Waals surface area (Å²) in [6, 6.07) is 13.4. The minimum atomic E-state index is -0.675. The number of carbonyl (C=O) groups excluding carboxylic acids is 1. The summed E-state index contributed by atoms with van der Waals surface area (Å²) >= 11 is 1.47. The lowest BCUT2D eigenvalue weighted by atomic mass is 9.77. The molecule has 1 fully saturated rings. The standard InChI is InChI=1S/C25H30N4O2S/c1-24(2,3)17-25(31)11-15-29(16-12-25)23(30)18-7-9-19(10-8-18)28-32-21-6-4-5-20-22(21)27-14-13-26-20/h4-10,13-14,28,31H,11-12,15-17H2,1-3H3. The number of carbonyl (C=O) groups is 1. The number of fused-ring (bicyclic) bond motifs is 1. The van der Waals surface area contributed by atoms with Crippen LogP contribution in [0.15, 0.2) is 59.8 Å².